The zero-order valence-corrected chi connectivity index (χ0v) is 12.7. The highest BCUT2D eigenvalue weighted by molar-refractivity contribution is 9.10. The molecule has 2 N–H and O–H groups in total. The number of hydrogen-bond donors (Lipinski definition) is 2. The maximum absolute atomic E-state index is 13.3. The van der Waals surface area contributed by atoms with Crippen molar-refractivity contribution in [3.05, 3.63) is 57.8 Å². The van der Waals surface area contributed by atoms with Crippen LogP contribution in [0.25, 0.3) is 0 Å². The number of anilines is 2. The maximum atomic E-state index is 13.3. The quantitative estimate of drug-likeness (QED) is 0.882. The molecule has 0 bridgehead atoms. The van der Waals surface area contributed by atoms with Crippen LogP contribution in [-0.4, -0.2) is 13.0 Å². The molecule has 2 rings (SSSR count). The fourth-order valence-electron chi connectivity index (χ4n) is 1.76. The van der Waals surface area contributed by atoms with Crippen molar-refractivity contribution in [3.63, 3.8) is 0 Å². The fraction of sp³-hybridized carbons (Fsp3) is 0.133. The number of halogens is 2. The molecule has 0 aliphatic heterocycles. The topological polar surface area (TPSA) is 41.1 Å². The molecular formula is C15H14BrFN2O. The lowest BCUT2D eigenvalue weighted by Gasteiger charge is -2.10. The Morgan fingerprint density at radius 1 is 1.20 bits per heavy atom. The lowest BCUT2D eigenvalue weighted by atomic mass is 10.1. The summed E-state index contributed by atoms with van der Waals surface area (Å²) in [5.74, 6) is -0.576. The van der Waals surface area contributed by atoms with Gasteiger partial charge in [0.15, 0.2) is 0 Å². The summed E-state index contributed by atoms with van der Waals surface area (Å²) in [5.41, 5.74) is 2.73. The monoisotopic (exact) mass is 336 g/mol. The van der Waals surface area contributed by atoms with E-state index >= 15 is 0 Å². The Morgan fingerprint density at radius 2 is 1.85 bits per heavy atom. The number of benzene rings is 2. The van der Waals surface area contributed by atoms with Gasteiger partial charge in [-0.1, -0.05) is 0 Å². The molecule has 0 atom stereocenters. The summed E-state index contributed by atoms with van der Waals surface area (Å²) in [6, 6.07) is 10.0. The molecule has 0 aliphatic rings. The summed E-state index contributed by atoms with van der Waals surface area (Å²) in [4.78, 5) is 12.1. The van der Waals surface area contributed by atoms with Crippen molar-refractivity contribution < 1.29 is 9.18 Å². The van der Waals surface area contributed by atoms with E-state index in [9.17, 15) is 9.18 Å². The average molecular weight is 337 g/mol. The summed E-state index contributed by atoms with van der Waals surface area (Å²) >= 11 is 3.11. The average Bonchev–Trinajstić information content (AvgIpc) is 2.44. The van der Waals surface area contributed by atoms with E-state index in [0.29, 0.717) is 21.3 Å². The summed E-state index contributed by atoms with van der Waals surface area (Å²) in [5, 5.41) is 5.76. The zero-order valence-electron chi connectivity index (χ0n) is 11.1. The molecule has 2 aromatic carbocycles. The maximum Gasteiger partial charge on any atom is 0.255 e. The molecule has 5 heteroatoms. The molecule has 0 fully saturated rings. The van der Waals surface area contributed by atoms with Gasteiger partial charge in [0.25, 0.3) is 5.91 Å². The van der Waals surface area contributed by atoms with Crippen molar-refractivity contribution in [1.82, 2.24) is 0 Å². The largest absolute Gasteiger partial charge is 0.388 e. The molecule has 0 radical (unpaired) electrons. The van der Waals surface area contributed by atoms with Gasteiger partial charge in [-0.3, -0.25) is 4.79 Å². The van der Waals surface area contributed by atoms with Crippen molar-refractivity contribution >= 4 is 33.2 Å². The Labute approximate surface area is 125 Å². The van der Waals surface area contributed by atoms with Crippen LogP contribution in [0.4, 0.5) is 15.8 Å². The summed E-state index contributed by atoms with van der Waals surface area (Å²) < 4.78 is 13.7. The van der Waals surface area contributed by atoms with Crippen LogP contribution in [0.1, 0.15) is 15.9 Å². The fourth-order valence-corrected chi connectivity index (χ4v) is 2.11. The van der Waals surface area contributed by atoms with Crippen molar-refractivity contribution in [2.45, 2.75) is 6.92 Å². The van der Waals surface area contributed by atoms with Gasteiger partial charge in [0, 0.05) is 24.0 Å². The number of nitrogens with one attached hydrogen (secondary N) is 2. The van der Waals surface area contributed by atoms with Gasteiger partial charge in [0.2, 0.25) is 0 Å². The van der Waals surface area contributed by atoms with Gasteiger partial charge in [0.1, 0.15) is 5.82 Å². The second-order valence-electron chi connectivity index (χ2n) is 4.36. The lowest BCUT2D eigenvalue weighted by Crippen LogP contribution is -2.13. The molecule has 0 unspecified atom stereocenters. The molecule has 2 aromatic rings. The first-order valence-electron chi connectivity index (χ1n) is 6.06. The van der Waals surface area contributed by atoms with E-state index in [4.69, 9.17) is 0 Å². The van der Waals surface area contributed by atoms with Crippen molar-refractivity contribution in [3.8, 4) is 0 Å². The van der Waals surface area contributed by atoms with Crippen LogP contribution < -0.4 is 10.6 Å². The van der Waals surface area contributed by atoms with E-state index in [1.54, 1.807) is 25.1 Å². The highest BCUT2D eigenvalue weighted by atomic mass is 79.9. The van der Waals surface area contributed by atoms with Crippen LogP contribution in [0.5, 0.6) is 0 Å². The van der Waals surface area contributed by atoms with Crippen LogP contribution in [0.2, 0.25) is 0 Å². The molecule has 3 nitrogen and oxygen atoms in total. The second-order valence-corrected chi connectivity index (χ2v) is 5.22. The minimum Gasteiger partial charge on any atom is -0.388 e. The van der Waals surface area contributed by atoms with Crippen molar-refractivity contribution in [1.29, 1.82) is 0 Å². The van der Waals surface area contributed by atoms with Gasteiger partial charge < -0.3 is 10.6 Å². The number of aryl methyl sites for hydroxylation is 1. The molecule has 1 amide bonds. The normalized spacial score (nSPS) is 10.2. The molecule has 0 aliphatic carbocycles. The summed E-state index contributed by atoms with van der Waals surface area (Å²) in [7, 11) is 1.81. The molecule has 0 saturated heterocycles. The van der Waals surface area contributed by atoms with Gasteiger partial charge in [-0.15, -0.1) is 0 Å². The van der Waals surface area contributed by atoms with Crippen LogP contribution in [0, 0.1) is 12.7 Å². The van der Waals surface area contributed by atoms with Crippen LogP contribution in [0.3, 0.4) is 0 Å². The van der Waals surface area contributed by atoms with Gasteiger partial charge in [-0.05, 0) is 64.8 Å². The van der Waals surface area contributed by atoms with Crippen LogP contribution in [0.15, 0.2) is 40.9 Å². The highest BCUT2D eigenvalue weighted by Gasteiger charge is 2.10. The van der Waals surface area contributed by atoms with Gasteiger partial charge in [0.05, 0.1) is 4.47 Å². The van der Waals surface area contributed by atoms with E-state index in [2.05, 4.69) is 26.6 Å². The third kappa shape index (κ3) is 3.17. The number of carbonyl (C=O) groups excluding carboxylic acids is 1. The first kappa shape index (κ1) is 14.5. The summed E-state index contributed by atoms with van der Waals surface area (Å²) in [6.45, 7) is 1.75. The van der Waals surface area contributed by atoms with Gasteiger partial charge >= 0.3 is 0 Å². The molecule has 0 spiro atoms. The molecular weight excluding hydrogens is 323 g/mol. The molecule has 0 aromatic heterocycles. The Morgan fingerprint density at radius 3 is 2.45 bits per heavy atom. The molecule has 0 heterocycles. The number of carbonyl (C=O) groups is 1. The van der Waals surface area contributed by atoms with E-state index < -0.39 is 0 Å². The SMILES string of the molecule is CNc1ccc(C(=O)Nc2cc(Br)c(F)cc2C)cc1. The van der Waals surface area contributed by atoms with Crippen LogP contribution >= 0.6 is 15.9 Å². The Balaban J connectivity index is 2.20. The first-order valence-corrected chi connectivity index (χ1v) is 6.85. The molecule has 20 heavy (non-hydrogen) atoms. The standard InChI is InChI=1S/C15H14BrFN2O/c1-9-7-13(17)12(16)8-14(9)19-15(20)10-3-5-11(18-2)6-4-10/h3-8,18H,1-2H3,(H,19,20). The van der Waals surface area contributed by atoms with E-state index in [1.165, 1.54) is 6.07 Å². The Kier molecular flexibility index (Phi) is 4.39. The second kappa shape index (κ2) is 6.05. The number of amides is 1. The van der Waals surface area contributed by atoms with Gasteiger partial charge in [-0.2, -0.15) is 0 Å². The highest BCUT2D eigenvalue weighted by Crippen LogP contribution is 2.24. The predicted molar refractivity (Wildman–Crippen MR) is 82.8 cm³/mol. The Bertz CT molecular complexity index is 641. The first-order chi connectivity index (χ1) is 9.51. The van der Waals surface area contributed by atoms with E-state index in [1.807, 2.05) is 19.2 Å². The van der Waals surface area contributed by atoms with E-state index in [-0.39, 0.29) is 11.7 Å². The lowest BCUT2D eigenvalue weighted by molar-refractivity contribution is 0.102. The molecule has 0 saturated carbocycles. The number of rotatable bonds is 3. The minimum absolute atomic E-state index is 0.228. The van der Waals surface area contributed by atoms with Crippen molar-refractivity contribution in [2.24, 2.45) is 0 Å². The van der Waals surface area contributed by atoms with Gasteiger partial charge in [-0.25, -0.2) is 4.39 Å². The summed E-state index contributed by atoms with van der Waals surface area (Å²) in [6.07, 6.45) is 0. The Hall–Kier alpha value is -1.88. The predicted octanol–water partition coefficient (Wildman–Crippen LogP) is 4.19. The molecule has 104 valence electrons. The smallest absolute Gasteiger partial charge is 0.255 e. The minimum atomic E-state index is -0.348. The third-order valence-corrected chi connectivity index (χ3v) is 3.56. The third-order valence-electron chi connectivity index (χ3n) is 2.95. The van der Waals surface area contributed by atoms with Crippen molar-refractivity contribution in [2.75, 3.05) is 17.7 Å². The number of hydrogen-bond acceptors (Lipinski definition) is 2. The van der Waals surface area contributed by atoms with E-state index in [0.717, 1.165) is 5.69 Å². The zero-order chi connectivity index (χ0) is 14.7. The van der Waals surface area contributed by atoms with Crippen LogP contribution in [-0.2, 0) is 0 Å².